The van der Waals surface area contributed by atoms with Gasteiger partial charge in [0.25, 0.3) is 0 Å². The molecular formula is C9H13ClN2O2. The van der Waals surface area contributed by atoms with Crippen LogP contribution in [0.15, 0.2) is 12.3 Å². The highest BCUT2D eigenvalue weighted by molar-refractivity contribution is 6.30. The van der Waals surface area contributed by atoms with E-state index in [1.54, 1.807) is 12.3 Å². The fourth-order valence-electron chi connectivity index (χ4n) is 1.12. The summed E-state index contributed by atoms with van der Waals surface area (Å²) in [5, 5.41) is 19.2. The van der Waals surface area contributed by atoms with Gasteiger partial charge in [-0.15, -0.1) is 0 Å². The summed E-state index contributed by atoms with van der Waals surface area (Å²) < 4.78 is 0. The number of nitrogens with two attached hydrogens (primary N) is 1. The Morgan fingerprint density at radius 2 is 2.21 bits per heavy atom. The molecule has 2 unspecified atom stereocenters. The van der Waals surface area contributed by atoms with E-state index in [9.17, 15) is 10.2 Å². The molecule has 1 aromatic rings. The Bertz CT molecular complexity index is 320. The van der Waals surface area contributed by atoms with Crippen LogP contribution in [0.4, 0.5) is 0 Å². The molecule has 0 saturated heterocycles. The van der Waals surface area contributed by atoms with Crippen molar-refractivity contribution in [2.45, 2.75) is 19.1 Å². The third kappa shape index (κ3) is 2.42. The van der Waals surface area contributed by atoms with Crippen LogP contribution >= 0.6 is 11.6 Å². The predicted molar refractivity (Wildman–Crippen MR) is 54.0 cm³/mol. The van der Waals surface area contributed by atoms with Crippen LogP contribution in [0.5, 0.6) is 0 Å². The monoisotopic (exact) mass is 216 g/mol. The van der Waals surface area contributed by atoms with Crippen LogP contribution in [0, 0.1) is 6.92 Å². The van der Waals surface area contributed by atoms with Crippen LogP contribution in [0.1, 0.15) is 17.2 Å². The Kier molecular flexibility index (Phi) is 3.83. The average Bonchev–Trinajstić information content (AvgIpc) is 2.19. The first-order valence-corrected chi connectivity index (χ1v) is 4.62. The lowest BCUT2D eigenvalue weighted by Gasteiger charge is -2.17. The van der Waals surface area contributed by atoms with E-state index in [4.69, 9.17) is 17.3 Å². The second-order valence-electron chi connectivity index (χ2n) is 3.14. The van der Waals surface area contributed by atoms with Gasteiger partial charge in [0.2, 0.25) is 0 Å². The standard InChI is InChI=1S/C9H13ClN2O2/c1-5-2-6(9(10)12-4-5)8(14)7(13)3-11/h2,4,7-8,13-14H,3,11H2,1H3. The maximum absolute atomic E-state index is 9.64. The SMILES string of the molecule is Cc1cnc(Cl)c(C(O)C(O)CN)c1. The quantitative estimate of drug-likeness (QED) is 0.639. The van der Waals surface area contributed by atoms with Gasteiger partial charge < -0.3 is 15.9 Å². The summed E-state index contributed by atoms with van der Waals surface area (Å²) >= 11 is 5.77. The number of rotatable bonds is 3. The second-order valence-corrected chi connectivity index (χ2v) is 3.50. The second kappa shape index (κ2) is 4.70. The van der Waals surface area contributed by atoms with Gasteiger partial charge >= 0.3 is 0 Å². The minimum atomic E-state index is -1.08. The highest BCUT2D eigenvalue weighted by atomic mass is 35.5. The first-order chi connectivity index (χ1) is 6.56. The summed E-state index contributed by atoms with van der Waals surface area (Å²) in [7, 11) is 0. The van der Waals surface area contributed by atoms with Gasteiger partial charge in [-0.2, -0.15) is 0 Å². The molecule has 0 amide bonds. The number of aryl methyl sites for hydroxylation is 1. The average molecular weight is 217 g/mol. The number of aliphatic hydroxyl groups excluding tert-OH is 2. The van der Waals surface area contributed by atoms with E-state index in [1.807, 2.05) is 6.92 Å². The van der Waals surface area contributed by atoms with Gasteiger partial charge in [-0.25, -0.2) is 4.98 Å². The molecule has 0 fully saturated rings. The van der Waals surface area contributed by atoms with Crippen LogP contribution in [-0.4, -0.2) is 27.8 Å². The number of aliphatic hydroxyl groups is 2. The molecule has 0 bridgehead atoms. The molecule has 0 radical (unpaired) electrons. The van der Waals surface area contributed by atoms with Crippen molar-refractivity contribution in [2.75, 3.05) is 6.54 Å². The van der Waals surface area contributed by atoms with Crippen LogP contribution < -0.4 is 5.73 Å². The molecule has 0 aliphatic heterocycles. The fourth-order valence-corrected chi connectivity index (χ4v) is 1.33. The first kappa shape index (κ1) is 11.4. The Morgan fingerprint density at radius 1 is 1.57 bits per heavy atom. The predicted octanol–water partition coefficient (Wildman–Crippen LogP) is 0.396. The molecule has 4 N–H and O–H groups in total. The van der Waals surface area contributed by atoms with E-state index in [2.05, 4.69) is 4.98 Å². The third-order valence-electron chi connectivity index (χ3n) is 1.93. The Labute approximate surface area is 87.3 Å². The topological polar surface area (TPSA) is 79.4 Å². The lowest BCUT2D eigenvalue weighted by Crippen LogP contribution is -2.27. The molecule has 2 atom stereocenters. The molecule has 0 aromatic carbocycles. The molecule has 0 aliphatic rings. The Balaban J connectivity index is 2.99. The van der Waals surface area contributed by atoms with E-state index in [0.29, 0.717) is 5.56 Å². The zero-order valence-electron chi connectivity index (χ0n) is 7.81. The van der Waals surface area contributed by atoms with Crippen molar-refractivity contribution in [3.05, 3.63) is 28.5 Å². The molecule has 0 saturated carbocycles. The molecule has 14 heavy (non-hydrogen) atoms. The van der Waals surface area contributed by atoms with E-state index in [-0.39, 0.29) is 11.7 Å². The van der Waals surface area contributed by atoms with Crippen molar-refractivity contribution in [3.63, 3.8) is 0 Å². The number of nitrogens with zero attached hydrogens (tertiary/aromatic N) is 1. The van der Waals surface area contributed by atoms with E-state index >= 15 is 0 Å². The fraction of sp³-hybridized carbons (Fsp3) is 0.444. The lowest BCUT2D eigenvalue weighted by atomic mass is 10.1. The van der Waals surface area contributed by atoms with Crippen LogP contribution in [0.3, 0.4) is 0 Å². The highest BCUT2D eigenvalue weighted by Crippen LogP contribution is 2.23. The van der Waals surface area contributed by atoms with Crippen molar-refractivity contribution in [1.29, 1.82) is 0 Å². The van der Waals surface area contributed by atoms with Gasteiger partial charge in [-0.05, 0) is 18.6 Å². The molecule has 1 rings (SSSR count). The maximum atomic E-state index is 9.64. The van der Waals surface area contributed by atoms with Gasteiger partial charge in [0.1, 0.15) is 11.3 Å². The van der Waals surface area contributed by atoms with E-state index in [0.717, 1.165) is 5.56 Å². The third-order valence-corrected chi connectivity index (χ3v) is 2.24. The lowest BCUT2D eigenvalue weighted by molar-refractivity contribution is 0.0242. The van der Waals surface area contributed by atoms with E-state index in [1.165, 1.54) is 0 Å². The molecule has 1 heterocycles. The van der Waals surface area contributed by atoms with Crippen LogP contribution in [-0.2, 0) is 0 Å². The minimum absolute atomic E-state index is 0.0224. The number of halogens is 1. The molecule has 0 spiro atoms. The summed E-state index contributed by atoms with van der Waals surface area (Å²) in [6, 6.07) is 1.68. The molecular weight excluding hydrogens is 204 g/mol. The zero-order chi connectivity index (χ0) is 10.7. The molecule has 0 aliphatic carbocycles. The van der Waals surface area contributed by atoms with Gasteiger partial charge in [0.15, 0.2) is 0 Å². The zero-order valence-corrected chi connectivity index (χ0v) is 8.57. The number of pyridine rings is 1. The summed E-state index contributed by atoms with van der Waals surface area (Å²) in [5.41, 5.74) is 6.50. The van der Waals surface area contributed by atoms with Crippen LogP contribution in [0.2, 0.25) is 5.15 Å². The summed E-state index contributed by atoms with van der Waals surface area (Å²) in [6.45, 7) is 1.81. The van der Waals surface area contributed by atoms with Crippen molar-refractivity contribution < 1.29 is 10.2 Å². The number of hydrogen-bond donors (Lipinski definition) is 3. The number of aromatic nitrogens is 1. The Hall–Kier alpha value is -0.680. The number of hydrogen-bond acceptors (Lipinski definition) is 4. The first-order valence-electron chi connectivity index (χ1n) is 4.24. The van der Waals surface area contributed by atoms with Crippen molar-refractivity contribution in [3.8, 4) is 0 Å². The minimum Gasteiger partial charge on any atom is -0.389 e. The molecule has 5 heteroatoms. The summed E-state index contributed by atoms with van der Waals surface area (Å²) in [6.07, 6.45) is -0.510. The van der Waals surface area contributed by atoms with Gasteiger partial charge in [-0.3, -0.25) is 0 Å². The van der Waals surface area contributed by atoms with Crippen molar-refractivity contribution >= 4 is 11.6 Å². The highest BCUT2D eigenvalue weighted by Gasteiger charge is 2.20. The normalized spacial score (nSPS) is 15.2. The van der Waals surface area contributed by atoms with Gasteiger partial charge in [-0.1, -0.05) is 11.6 Å². The summed E-state index contributed by atoms with van der Waals surface area (Å²) in [5.74, 6) is 0. The van der Waals surface area contributed by atoms with E-state index < -0.39 is 12.2 Å². The summed E-state index contributed by atoms with van der Waals surface area (Å²) in [4.78, 5) is 3.87. The van der Waals surface area contributed by atoms with Crippen LogP contribution in [0.25, 0.3) is 0 Å². The van der Waals surface area contributed by atoms with Crippen molar-refractivity contribution in [2.24, 2.45) is 5.73 Å². The van der Waals surface area contributed by atoms with Crippen molar-refractivity contribution in [1.82, 2.24) is 4.98 Å². The smallest absolute Gasteiger partial charge is 0.134 e. The molecule has 78 valence electrons. The maximum Gasteiger partial charge on any atom is 0.134 e. The molecule has 4 nitrogen and oxygen atoms in total. The largest absolute Gasteiger partial charge is 0.389 e. The van der Waals surface area contributed by atoms with Gasteiger partial charge in [0.05, 0.1) is 6.10 Å². The molecule has 1 aromatic heterocycles. The Morgan fingerprint density at radius 3 is 2.79 bits per heavy atom. The van der Waals surface area contributed by atoms with Gasteiger partial charge in [0, 0.05) is 18.3 Å².